The van der Waals surface area contributed by atoms with Crippen molar-refractivity contribution < 1.29 is 17.9 Å². The second-order valence-corrected chi connectivity index (χ2v) is 9.28. The van der Waals surface area contributed by atoms with E-state index >= 15 is 0 Å². The van der Waals surface area contributed by atoms with E-state index in [-0.39, 0.29) is 11.4 Å². The van der Waals surface area contributed by atoms with Crippen molar-refractivity contribution in [2.45, 2.75) is 17.7 Å². The number of methoxy groups -OCH3 is 1. The van der Waals surface area contributed by atoms with E-state index in [2.05, 4.69) is 0 Å². The van der Waals surface area contributed by atoms with Gasteiger partial charge in [-0.15, -0.1) is 0 Å². The van der Waals surface area contributed by atoms with E-state index in [1.54, 1.807) is 19.2 Å². The maximum absolute atomic E-state index is 13.6. The van der Waals surface area contributed by atoms with Crippen molar-refractivity contribution >= 4 is 21.5 Å². The average molecular weight is 434 g/mol. The third-order valence-corrected chi connectivity index (χ3v) is 7.22. The van der Waals surface area contributed by atoms with Crippen LogP contribution in [-0.2, 0) is 14.8 Å². The molecular weight excluding hydrogens is 410 g/mol. The smallest absolute Gasteiger partial charge is 0.266 e. The number of amides is 1. The highest BCUT2D eigenvalue weighted by Crippen LogP contribution is 2.38. The molecule has 1 atom stereocenters. The molecule has 6 heteroatoms. The van der Waals surface area contributed by atoms with Gasteiger partial charge in [-0.2, -0.15) is 0 Å². The van der Waals surface area contributed by atoms with Gasteiger partial charge in [-0.3, -0.25) is 4.79 Å². The van der Waals surface area contributed by atoms with Crippen molar-refractivity contribution in [3.8, 4) is 5.75 Å². The Balaban J connectivity index is 1.79. The van der Waals surface area contributed by atoms with Gasteiger partial charge in [0.15, 0.2) is 0 Å². The second-order valence-electron chi connectivity index (χ2n) is 7.42. The van der Waals surface area contributed by atoms with Crippen LogP contribution in [0.5, 0.6) is 5.75 Å². The Labute approximate surface area is 182 Å². The van der Waals surface area contributed by atoms with Gasteiger partial charge in [0.1, 0.15) is 5.75 Å². The summed E-state index contributed by atoms with van der Waals surface area (Å²) in [5.74, 6) is -0.463. The molecule has 1 amide bonds. The third kappa shape index (κ3) is 3.99. The first-order chi connectivity index (χ1) is 14.9. The van der Waals surface area contributed by atoms with Gasteiger partial charge in [0.2, 0.25) is 5.91 Å². The molecule has 0 aromatic heterocycles. The number of carbonyl (C=O) groups is 1. The zero-order valence-electron chi connectivity index (χ0n) is 17.4. The van der Waals surface area contributed by atoms with E-state index in [0.717, 1.165) is 26.6 Å². The minimum Gasteiger partial charge on any atom is -0.497 e. The molecule has 0 N–H and O–H groups in total. The van der Waals surface area contributed by atoms with E-state index in [1.807, 2.05) is 67.6 Å². The zero-order chi connectivity index (χ0) is 22.0. The lowest BCUT2D eigenvalue weighted by Crippen LogP contribution is -2.43. The highest BCUT2D eigenvalue weighted by Gasteiger charge is 2.39. The van der Waals surface area contributed by atoms with Crippen LogP contribution >= 0.6 is 0 Å². The van der Waals surface area contributed by atoms with Crippen LogP contribution in [-0.4, -0.2) is 32.3 Å². The van der Waals surface area contributed by atoms with Crippen molar-refractivity contribution in [2.75, 3.05) is 13.7 Å². The molecule has 0 bridgehead atoms. The number of sulfonamides is 1. The van der Waals surface area contributed by atoms with Gasteiger partial charge in [0.05, 0.1) is 24.5 Å². The fourth-order valence-electron chi connectivity index (χ4n) is 3.76. The van der Waals surface area contributed by atoms with E-state index in [4.69, 9.17) is 4.74 Å². The maximum Gasteiger partial charge on any atom is 0.266 e. The van der Waals surface area contributed by atoms with Gasteiger partial charge < -0.3 is 4.74 Å². The highest BCUT2D eigenvalue weighted by molar-refractivity contribution is 7.89. The summed E-state index contributed by atoms with van der Waals surface area (Å²) in [5.41, 5.74) is 3.34. The fraction of sp³-hybridized carbons (Fsp3) is 0.160. The summed E-state index contributed by atoms with van der Waals surface area (Å²) in [6, 6.07) is 23.2. The van der Waals surface area contributed by atoms with Crippen LogP contribution in [0.25, 0.3) is 5.57 Å². The van der Waals surface area contributed by atoms with Crippen LogP contribution in [0, 0.1) is 6.92 Å². The highest BCUT2D eigenvalue weighted by atomic mass is 32.2. The summed E-state index contributed by atoms with van der Waals surface area (Å²) in [6.45, 7) is 1.87. The monoisotopic (exact) mass is 433 g/mol. The van der Waals surface area contributed by atoms with E-state index < -0.39 is 21.8 Å². The van der Waals surface area contributed by atoms with Gasteiger partial charge >= 0.3 is 0 Å². The van der Waals surface area contributed by atoms with Gasteiger partial charge in [0.25, 0.3) is 10.0 Å². The molecular formula is C25H23NO4S. The number of benzene rings is 3. The molecule has 0 radical (unpaired) electrons. The van der Waals surface area contributed by atoms with Gasteiger partial charge in [0, 0.05) is 0 Å². The Morgan fingerprint density at radius 1 is 0.903 bits per heavy atom. The Kier molecular flexibility index (Phi) is 5.65. The largest absolute Gasteiger partial charge is 0.497 e. The van der Waals surface area contributed by atoms with Crippen molar-refractivity contribution in [3.63, 3.8) is 0 Å². The summed E-state index contributed by atoms with van der Waals surface area (Å²) >= 11 is 0. The lowest BCUT2D eigenvalue weighted by molar-refractivity contribution is -0.126. The van der Waals surface area contributed by atoms with Gasteiger partial charge in [-0.25, -0.2) is 12.7 Å². The minimum absolute atomic E-state index is 0.0141. The molecule has 1 aliphatic heterocycles. The Morgan fingerprint density at radius 3 is 2.16 bits per heavy atom. The number of rotatable bonds is 5. The molecule has 0 aliphatic carbocycles. The summed E-state index contributed by atoms with van der Waals surface area (Å²) in [4.78, 5) is 13.7. The molecule has 0 spiro atoms. The average Bonchev–Trinajstić information content (AvgIpc) is 2.79. The molecule has 1 heterocycles. The lowest BCUT2D eigenvalue weighted by Gasteiger charge is -2.32. The first kappa shape index (κ1) is 20.9. The van der Waals surface area contributed by atoms with Crippen LogP contribution in [0.4, 0.5) is 0 Å². The predicted octanol–water partition coefficient (Wildman–Crippen LogP) is 4.40. The number of ether oxygens (including phenoxy) is 1. The van der Waals surface area contributed by atoms with Crippen LogP contribution in [0.3, 0.4) is 0 Å². The molecule has 0 saturated carbocycles. The predicted molar refractivity (Wildman–Crippen MR) is 120 cm³/mol. The van der Waals surface area contributed by atoms with E-state index in [0.29, 0.717) is 5.75 Å². The van der Waals surface area contributed by atoms with Gasteiger partial charge in [-0.1, -0.05) is 66.2 Å². The van der Waals surface area contributed by atoms with E-state index in [1.165, 1.54) is 12.1 Å². The quantitative estimate of drug-likeness (QED) is 0.598. The van der Waals surface area contributed by atoms with Crippen molar-refractivity contribution in [1.82, 2.24) is 4.31 Å². The molecule has 5 nitrogen and oxygen atoms in total. The molecule has 4 rings (SSSR count). The Hall–Kier alpha value is -3.38. The maximum atomic E-state index is 13.6. The van der Waals surface area contributed by atoms with Crippen molar-refractivity contribution in [3.05, 3.63) is 102 Å². The minimum atomic E-state index is -3.97. The topological polar surface area (TPSA) is 63.7 Å². The Morgan fingerprint density at radius 2 is 1.55 bits per heavy atom. The normalized spacial score (nSPS) is 16.7. The summed E-state index contributed by atoms with van der Waals surface area (Å²) in [7, 11) is -2.37. The molecule has 158 valence electrons. The van der Waals surface area contributed by atoms with Crippen molar-refractivity contribution in [2.24, 2.45) is 0 Å². The summed E-state index contributed by atoms with van der Waals surface area (Å²) in [5, 5.41) is 0. The third-order valence-electron chi connectivity index (χ3n) is 5.45. The molecule has 1 unspecified atom stereocenters. The second kappa shape index (κ2) is 8.40. The first-order valence-corrected chi connectivity index (χ1v) is 11.4. The van der Waals surface area contributed by atoms with E-state index in [9.17, 15) is 13.2 Å². The molecule has 31 heavy (non-hydrogen) atoms. The number of hydrogen-bond acceptors (Lipinski definition) is 4. The van der Waals surface area contributed by atoms with Crippen LogP contribution in [0.1, 0.15) is 22.6 Å². The molecule has 0 fully saturated rings. The van der Waals surface area contributed by atoms with Crippen LogP contribution < -0.4 is 4.74 Å². The number of hydrogen-bond donors (Lipinski definition) is 0. The summed E-state index contributed by atoms with van der Waals surface area (Å²) < 4.78 is 32.8. The van der Waals surface area contributed by atoms with Crippen LogP contribution in [0.15, 0.2) is 89.8 Å². The molecule has 0 saturated heterocycles. The lowest BCUT2D eigenvalue weighted by atomic mass is 9.84. The van der Waals surface area contributed by atoms with Gasteiger partial charge in [-0.05, 0) is 47.9 Å². The number of nitrogens with zero attached hydrogens (tertiary/aromatic N) is 1. The standard InChI is InChI=1S/C25H23NO4S/c1-18-8-14-22(15-9-18)31(28,29)26-17-16-23(19-10-12-21(30-2)13-11-19)24(25(26)27)20-6-4-3-5-7-20/h3-16,24H,17H2,1-2H3. The first-order valence-electron chi connectivity index (χ1n) is 9.94. The van der Waals surface area contributed by atoms with Crippen LogP contribution in [0.2, 0.25) is 0 Å². The number of carbonyl (C=O) groups excluding carboxylic acids is 1. The summed E-state index contributed by atoms with van der Waals surface area (Å²) in [6.07, 6.45) is 1.83. The van der Waals surface area contributed by atoms with Crippen molar-refractivity contribution in [1.29, 1.82) is 0 Å². The molecule has 1 aliphatic rings. The zero-order valence-corrected chi connectivity index (χ0v) is 18.2. The Bertz CT molecular complexity index is 1210. The molecule has 3 aromatic carbocycles. The fourth-order valence-corrected chi connectivity index (χ4v) is 5.10. The SMILES string of the molecule is COc1ccc(C2=CCN(S(=O)(=O)c3ccc(C)cc3)C(=O)C2c2ccccc2)cc1. The number of aryl methyl sites for hydroxylation is 1. The molecule has 3 aromatic rings.